The first-order valence-corrected chi connectivity index (χ1v) is 7.65. The van der Waals surface area contributed by atoms with Crippen LogP contribution in [0.5, 0.6) is 0 Å². The first-order valence-electron chi connectivity index (χ1n) is 7.65. The molecule has 122 valence electrons. The van der Waals surface area contributed by atoms with Crippen molar-refractivity contribution in [3.63, 3.8) is 0 Å². The first kappa shape index (κ1) is 15.7. The molecule has 1 fully saturated rings. The van der Waals surface area contributed by atoms with Crippen LogP contribution in [0.15, 0.2) is 40.9 Å². The second-order valence-electron chi connectivity index (χ2n) is 5.51. The summed E-state index contributed by atoms with van der Waals surface area (Å²) in [7, 11) is 1.63. The Hall–Kier alpha value is -2.18. The third kappa shape index (κ3) is 3.97. The molecular weight excluding hydrogens is 296 g/mol. The zero-order valence-corrected chi connectivity index (χ0v) is 13.1. The van der Waals surface area contributed by atoms with Gasteiger partial charge >= 0.3 is 0 Å². The van der Waals surface area contributed by atoms with Gasteiger partial charge in [0.25, 0.3) is 0 Å². The van der Waals surface area contributed by atoms with Crippen LogP contribution >= 0.6 is 0 Å². The zero-order chi connectivity index (χ0) is 16.1. The van der Waals surface area contributed by atoms with Crippen LogP contribution in [0.25, 0.3) is 11.3 Å². The van der Waals surface area contributed by atoms with Crippen molar-refractivity contribution in [3.8, 4) is 11.3 Å². The van der Waals surface area contributed by atoms with Crippen LogP contribution in [-0.4, -0.2) is 55.5 Å². The van der Waals surface area contributed by atoms with Gasteiger partial charge in [0.2, 0.25) is 5.91 Å². The number of carbonyl (C=O) groups is 1. The minimum Gasteiger partial charge on any atom is -0.382 e. The lowest BCUT2D eigenvalue weighted by molar-refractivity contribution is -0.140. The summed E-state index contributed by atoms with van der Waals surface area (Å²) in [5, 5.41) is 4.00. The predicted octanol–water partition coefficient (Wildman–Crippen LogP) is 1.76. The molecule has 6 nitrogen and oxygen atoms in total. The van der Waals surface area contributed by atoms with Crippen LogP contribution in [0.1, 0.15) is 5.69 Å². The smallest absolute Gasteiger partial charge is 0.228 e. The minimum atomic E-state index is -0.0603. The van der Waals surface area contributed by atoms with Crippen LogP contribution < -0.4 is 0 Å². The standard InChI is InChI=1S/C17H20N2O4/c1-21-12-15-11-19(7-8-22-15)17(20)10-14-9-16(23-18-14)13-5-3-2-4-6-13/h2-6,9,15H,7-8,10-12H2,1H3. The van der Waals surface area contributed by atoms with Crippen LogP contribution in [0.4, 0.5) is 0 Å². The molecule has 1 saturated heterocycles. The Balaban J connectivity index is 1.61. The Morgan fingerprint density at radius 3 is 3.00 bits per heavy atom. The number of carbonyl (C=O) groups excluding carboxylic acids is 1. The van der Waals surface area contributed by atoms with Gasteiger partial charge in [-0.15, -0.1) is 0 Å². The van der Waals surface area contributed by atoms with Gasteiger partial charge in [-0.25, -0.2) is 0 Å². The molecule has 6 heteroatoms. The summed E-state index contributed by atoms with van der Waals surface area (Å²) < 4.78 is 16.0. The highest BCUT2D eigenvalue weighted by Crippen LogP contribution is 2.20. The molecule has 3 rings (SSSR count). The zero-order valence-electron chi connectivity index (χ0n) is 13.1. The van der Waals surface area contributed by atoms with Crippen molar-refractivity contribution in [1.82, 2.24) is 10.1 Å². The molecule has 2 aromatic rings. The maximum atomic E-state index is 12.4. The quantitative estimate of drug-likeness (QED) is 0.841. The van der Waals surface area contributed by atoms with Crippen LogP contribution in [-0.2, 0) is 20.7 Å². The molecular formula is C17H20N2O4. The Morgan fingerprint density at radius 2 is 2.22 bits per heavy atom. The van der Waals surface area contributed by atoms with Gasteiger partial charge in [-0.05, 0) is 0 Å². The summed E-state index contributed by atoms with van der Waals surface area (Å²) in [4.78, 5) is 14.2. The molecule has 1 amide bonds. The topological polar surface area (TPSA) is 64.8 Å². The lowest BCUT2D eigenvalue weighted by atomic mass is 10.1. The maximum absolute atomic E-state index is 12.4. The SMILES string of the molecule is COCC1CN(C(=O)Cc2cc(-c3ccccc3)on2)CCO1. The van der Waals surface area contributed by atoms with Gasteiger partial charge in [-0.2, -0.15) is 0 Å². The Morgan fingerprint density at radius 1 is 1.39 bits per heavy atom. The van der Waals surface area contributed by atoms with E-state index in [1.165, 1.54) is 0 Å². The van der Waals surface area contributed by atoms with E-state index in [0.29, 0.717) is 37.8 Å². The predicted molar refractivity (Wildman–Crippen MR) is 83.8 cm³/mol. The molecule has 23 heavy (non-hydrogen) atoms. The fourth-order valence-electron chi connectivity index (χ4n) is 2.63. The van der Waals surface area contributed by atoms with Crippen LogP contribution in [0.3, 0.4) is 0 Å². The van der Waals surface area contributed by atoms with E-state index in [0.717, 1.165) is 5.56 Å². The van der Waals surface area contributed by atoms with Crippen molar-refractivity contribution in [1.29, 1.82) is 0 Å². The molecule has 1 aliphatic heterocycles. The summed E-state index contributed by atoms with van der Waals surface area (Å²) in [6, 6.07) is 11.5. The van der Waals surface area contributed by atoms with Crippen molar-refractivity contribution in [2.75, 3.05) is 33.4 Å². The van der Waals surface area contributed by atoms with E-state index in [1.807, 2.05) is 36.4 Å². The number of methoxy groups -OCH3 is 1. The number of ether oxygens (including phenoxy) is 2. The van der Waals surface area contributed by atoms with Gasteiger partial charge in [0, 0.05) is 31.8 Å². The van der Waals surface area contributed by atoms with E-state index in [9.17, 15) is 4.79 Å². The molecule has 0 N–H and O–H groups in total. The highest BCUT2D eigenvalue weighted by Gasteiger charge is 2.24. The lowest BCUT2D eigenvalue weighted by Gasteiger charge is -2.32. The normalized spacial score (nSPS) is 18.1. The summed E-state index contributed by atoms with van der Waals surface area (Å²) in [5.41, 5.74) is 1.59. The number of morpholine rings is 1. The summed E-state index contributed by atoms with van der Waals surface area (Å²) in [6.45, 7) is 2.18. The number of rotatable bonds is 5. The van der Waals surface area contributed by atoms with Crippen molar-refractivity contribution < 1.29 is 18.8 Å². The van der Waals surface area contributed by atoms with Gasteiger partial charge in [0.15, 0.2) is 5.76 Å². The first-order chi connectivity index (χ1) is 11.3. The van der Waals surface area contributed by atoms with E-state index in [1.54, 1.807) is 12.0 Å². The van der Waals surface area contributed by atoms with Crippen molar-refractivity contribution in [2.24, 2.45) is 0 Å². The second-order valence-corrected chi connectivity index (χ2v) is 5.51. The fraction of sp³-hybridized carbons (Fsp3) is 0.412. The number of aromatic nitrogens is 1. The molecule has 0 spiro atoms. The van der Waals surface area contributed by atoms with E-state index in [4.69, 9.17) is 14.0 Å². The van der Waals surface area contributed by atoms with Gasteiger partial charge < -0.3 is 18.9 Å². The summed E-state index contributed by atoms with van der Waals surface area (Å²) in [6.07, 6.45) is 0.172. The van der Waals surface area contributed by atoms with Crippen molar-refractivity contribution in [3.05, 3.63) is 42.1 Å². The monoisotopic (exact) mass is 316 g/mol. The van der Waals surface area contributed by atoms with Gasteiger partial charge in [0.05, 0.1) is 31.4 Å². The molecule has 0 aliphatic carbocycles. The molecule has 1 unspecified atom stereocenters. The Kier molecular flexibility index (Phi) is 5.05. The number of amides is 1. The summed E-state index contributed by atoms with van der Waals surface area (Å²) in [5.74, 6) is 0.704. The third-order valence-electron chi connectivity index (χ3n) is 3.79. The molecule has 1 aliphatic rings. The largest absolute Gasteiger partial charge is 0.382 e. The van der Waals surface area contributed by atoms with Crippen LogP contribution in [0.2, 0.25) is 0 Å². The lowest BCUT2D eigenvalue weighted by Crippen LogP contribution is -2.47. The average molecular weight is 316 g/mol. The van der Waals surface area contributed by atoms with E-state index in [-0.39, 0.29) is 18.4 Å². The van der Waals surface area contributed by atoms with E-state index >= 15 is 0 Å². The molecule has 1 aromatic heterocycles. The number of nitrogens with zero attached hydrogens (tertiary/aromatic N) is 2. The van der Waals surface area contributed by atoms with E-state index in [2.05, 4.69) is 5.16 Å². The summed E-state index contributed by atoms with van der Waals surface area (Å²) >= 11 is 0. The van der Waals surface area contributed by atoms with Crippen molar-refractivity contribution in [2.45, 2.75) is 12.5 Å². The van der Waals surface area contributed by atoms with Crippen LogP contribution in [0, 0.1) is 0 Å². The number of hydrogen-bond acceptors (Lipinski definition) is 5. The molecule has 0 saturated carbocycles. The van der Waals surface area contributed by atoms with Crippen molar-refractivity contribution >= 4 is 5.91 Å². The highest BCUT2D eigenvalue weighted by atomic mass is 16.5. The van der Waals surface area contributed by atoms with Gasteiger partial charge in [0.1, 0.15) is 0 Å². The molecule has 1 atom stereocenters. The maximum Gasteiger partial charge on any atom is 0.228 e. The number of hydrogen-bond donors (Lipinski definition) is 0. The highest BCUT2D eigenvalue weighted by molar-refractivity contribution is 5.78. The second kappa shape index (κ2) is 7.39. The molecule has 0 radical (unpaired) electrons. The molecule has 2 heterocycles. The molecule has 1 aromatic carbocycles. The van der Waals surface area contributed by atoms with Gasteiger partial charge in [-0.1, -0.05) is 35.5 Å². The molecule has 0 bridgehead atoms. The Labute approximate surface area is 135 Å². The average Bonchev–Trinajstić information content (AvgIpc) is 3.05. The van der Waals surface area contributed by atoms with E-state index < -0.39 is 0 Å². The van der Waals surface area contributed by atoms with Gasteiger partial charge in [-0.3, -0.25) is 4.79 Å². The number of benzene rings is 1. The fourth-order valence-corrected chi connectivity index (χ4v) is 2.63. The Bertz CT molecular complexity index is 639. The third-order valence-corrected chi connectivity index (χ3v) is 3.79. The minimum absolute atomic E-state index is 0.0299.